The van der Waals surface area contributed by atoms with Gasteiger partial charge in [0.15, 0.2) is 5.79 Å². The van der Waals surface area contributed by atoms with Gasteiger partial charge in [0, 0.05) is 12.0 Å². The molecule has 2 fully saturated rings. The van der Waals surface area contributed by atoms with Crippen LogP contribution in [-0.2, 0) is 4.74 Å². The minimum Gasteiger partial charge on any atom is -0.365 e. The first-order chi connectivity index (χ1) is 8.63. The summed E-state index contributed by atoms with van der Waals surface area (Å²) in [6, 6.07) is 0. The zero-order valence-electron chi connectivity index (χ0n) is 13.6. The van der Waals surface area contributed by atoms with Crippen molar-refractivity contribution in [3.8, 4) is 0 Å². The lowest BCUT2D eigenvalue weighted by molar-refractivity contribution is -0.189. The van der Waals surface area contributed by atoms with Crippen molar-refractivity contribution in [3.05, 3.63) is 0 Å². The van der Waals surface area contributed by atoms with Gasteiger partial charge in [0.1, 0.15) is 0 Å². The van der Waals surface area contributed by atoms with Crippen molar-refractivity contribution in [2.45, 2.75) is 83.5 Å². The summed E-state index contributed by atoms with van der Waals surface area (Å²) in [7, 11) is -1.28. The quantitative estimate of drug-likeness (QED) is 0.617. The Bertz CT molecular complexity index is 323. The second kappa shape index (κ2) is 5.16. The van der Waals surface area contributed by atoms with E-state index in [9.17, 15) is 5.11 Å². The first kappa shape index (κ1) is 15.5. The maximum Gasteiger partial charge on any atom is 0.166 e. The Morgan fingerprint density at radius 3 is 2.32 bits per heavy atom. The van der Waals surface area contributed by atoms with Crippen LogP contribution in [0.4, 0.5) is 0 Å². The van der Waals surface area contributed by atoms with E-state index < -0.39 is 13.9 Å². The molecule has 0 aromatic rings. The fourth-order valence-corrected chi connectivity index (χ4v) is 6.19. The summed E-state index contributed by atoms with van der Waals surface area (Å²) in [4.78, 5) is 0. The Kier molecular flexibility index (Phi) is 4.21. The summed E-state index contributed by atoms with van der Waals surface area (Å²) in [5, 5.41) is 10.7. The molecule has 0 saturated heterocycles. The summed E-state index contributed by atoms with van der Waals surface area (Å²) in [6.07, 6.45) is 4.85. The zero-order valence-corrected chi connectivity index (χ0v) is 14.6. The van der Waals surface area contributed by atoms with Gasteiger partial charge in [-0.1, -0.05) is 46.8 Å². The maximum atomic E-state index is 10.7. The van der Waals surface area contributed by atoms with Gasteiger partial charge in [0.2, 0.25) is 0 Å². The number of hydrogen-bond donors (Lipinski definition) is 1. The number of ether oxygens (including phenoxy) is 1. The minimum absolute atomic E-state index is 0.273. The first-order valence-corrected chi connectivity index (χ1v) is 11.6. The van der Waals surface area contributed by atoms with Gasteiger partial charge < -0.3 is 9.84 Å². The van der Waals surface area contributed by atoms with Gasteiger partial charge in [0.05, 0.1) is 14.2 Å². The van der Waals surface area contributed by atoms with E-state index in [-0.39, 0.29) is 6.10 Å². The van der Waals surface area contributed by atoms with Gasteiger partial charge in [-0.25, -0.2) is 0 Å². The van der Waals surface area contributed by atoms with Crippen LogP contribution in [0.3, 0.4) is 0 Å². The Labute approximate surface area is 119 Å². The lowest BCUT2D eigenvalue weighted by Gasteiger charge is -2.39. The molecule has 2 aliphatic carbocycles. The molecule has 0 aromatic carbocycles. The van der Waals surface area contributed by atoms with Gasteiger partial charge in [-0.15, -0.1) is 0 Å². The minimum atomic E-state index is -1.28. The summed E-state index contributed by atoms with van der Waals surface area (Å²) >= 11 is 0. The van der Waals surface area contributed by atoms with Crippen LogP contribution in [0.2, 0.25) is 25.2 Å². The third-order valence-corrected chi connectivity index (χ3v) is 7.99. The van der Waals surface area contributed by atoms with Gasteiger partial charge in [-0.05, 0) is 30.6 Å². The van der Waals surface area contributed by atoms with E-state index in [0.717, 1.165) is 18.8 Å². The van der Waals surface area contributed by atoms with Crippen LogP contribution in [0.1, 0.15) is 46.5 Å². The van der Waals surface area contributed by atoms with Crippen LogP contribution in [0, 0.1) is 17.8 Å². The highest BCUT2D eigenvalue weighted by molar-refractivity contribution is 6.78. The molecule has 0 aliphatic heterocycles. The van der Waals surface area contributed by atoms with Gasteiger partial charge >= 0.3 is 0 Å². The SMILES string of the molecule is CC1CCC(C(C)C)C(OC2(O)CC2[Si](C)(C)C)C1. The predicted octanol–water partition coefficient (Wildman–Crippen LogP) is 4.26. The van der Waals surface area contributed by atoms with Crippen molar-refractivity contribution >= 4 is 8.07 Å². The van der Waals surface area contributed by atoms with Gasteiger partial charge in [-0.3, -0.25) is 0 Å². The van der Waals surface area contributed by atoms with Crippen LogP contribution in [0.15, 0.2) is 0 Å². The van der Waals surface area contributed by atoms with E-state index in [1.807, 2.05) is 0 Å². The molecule has 0 aromatic heterocycles. The molecule has 2 aliphatic rings. The first-order valence-electron chi connectivity index (χ1n) is 8.03. The maximum absolute atomic E-state index is 10.7. The van der Waals surface area contributed by atoms with Crippen LogP contribution in [0.5, 0.6) is 0 Å². The van der Waals surface area contributed by atoms with E-state index >= 15 is 0 Å². The molecule has 0 bridgehead atoms. The fraction of sp³-hybridized carbons (Fsp3) is 1.00. The molecule has 2 saturated carbocycles. The average molecular weight is 285 g/mol. The third kappa shape index (κ3) is 3.42. The van der Waals surface area contributed by atoms with Crippen molar-refractivity contribution in [1.29, 1.82) is 0 Å². The molecule has 2 rings (SSSR count). The Hall–Kier alpha value is 0.137. The van der Waals surface area contributed by atoms with Crippen LogP contribution >= 0.6 is 0 Å². The van der Waals surface area contributed by atoms with Gasteiger partial charge in [0.25, 0.3) is 0 Å². The van der Waals surface area contributed by atoms with Crippen molar-refractivity contribution in [2.24, 2.45) is 17.8 Å². The highest BCUT2D eigenvalue weighted by atomic mass is 28.3. The average Bonchev–Trinajstić information content (AvgIpc) is 2.89. The Morgan fingerprint density at radius 2 is 1.84 bits per heavy atom. The molecular weight excluding hydrogens is 252 g/mol. The van der Waals surface area contributed by atoms with Crippen molar-refractivity contribution in [1.82, 2.24) is 0 Å². The number of hydrogen-bond acceptors (Lipinski definition) is 2. The summed E-state index contributed by atoms with van der Waals surface area (Å²) < 4.78 is 6.26. The Balaban J connectivity index is 2.00. The summed E-state index contributed by atoms with van der Waals surface area (Å²) in [5.74, 6) is 1.25. The van der Waals surface area contributed by atoms with E-state index in [0.29, 0.717) is 17.4 Å². The van der Waals surface area contributed by atoms with Crippen LogP contribution in [-0.4, -0.2) is 25.1 Å². The van der Waals surface area contributed by atoms with E-state index in [1.54, 1.807) is 0 Å². The lowest BCUT2D eigenvalue weighted by Crippen LogP contribution is -2.39. The molecule has 3 heteroatoms. The molecule has 112 valence electrons. The second-order valence-corrected chi connectivity index (χ2v) is 13.9. The van der Waals surface area contributed by atoms with Crippen molar-refractivity contribution in [2.75, 3.05) is 0 Å². The summed E-state index contributed by atoms with van der Waals surface area (Å²) in [5.41, 5.74) is 0.435. The van der Waals surface area contributed by atoms with Crippen molar-refractivity contribution < 1.29 is 9.84 Å². The zero-order chi connectivity index (χ0) is 14.4. The second-order valence-electron chi connectivity index (χ2n) is 8.45. The molecule has 0 heterocycles. The number of aliphatic hydroxyl groups is 1. The molecule has 0 spiro atoms. The molecule has 0 radical (unpaired) electrons. The molecule has 5 atom stereocenters. The smallest absolute Gasteiger partial charge is 0.166 e. The monoisotopic (exact) mass is 284 g/mol. The molecule has 19 heavy (non-hydrogen) atoms. The van der Waals surface area contributed by atoms with Crippen LogP contribution in [0.25, 0.3) is 0 Å². The van der Waals surface area contributed by atoms with E-state index in [4.69, 9.17) is 4.74 Å². The third-order valence-electron chi connectivity index (χ3n) is 5.24. The fourth-order valence-electron chi connectivity index (χ4n) is 3.86. The van der Waals surface area contributed by atoms with E-state index in [1.165, 1.54) is 12.8 Å². The molecule has 5 unspecified atom stereocenters. The van der Waals surface area contributed by atoms with E-state index in [2.05, 4.69) is 40.4 Å². The number of rotatable bonds is 4. The highest BCUT2D eigenvalue weighted by Gasteiger charge is 2.61. The van der Waals surface area contributed by atoms with Crippen molar-refractivity contribution in [3.63, 3.8) is 0 Å². The standard InChI is InChI=1S/C16H32O2Si/c1-11(2)13-8-7-12(3)9-14(13)18-16(17)10-15(16)19(4,5)6/h11-15,17H,7-10H2,1-6H3. The molecular formula is C16H32O2Si. The topological polar surface area (TPSA) is 29.5 Å². The lowest BCUT2D eigenvalue weighted by atomic mass is 9.75. The highest BCUT2D eigenvalue weighted by Crippen LogP contribution is 2.57. The Morgan fingerprint density at radius 1 is 1.21 bits per heavy atom. The molecule has 2 nitrogen and oxygen atoms in total. The normalized spacial score (nSPS) is 43.6. The molecule has 0 amide bonds. The summed E-state index contributed by atoms with van der Waals surface area (Å²) in [6.45, 7) is 13.9. The molecule has 1 N–H and O–H groups in total. The predicted molar refractivity (Wildman–Crippen MR) is 82.9 cm³/mol. The van der Waals surface area contributed by atoms with Gasteiger partial charge in [-0.2, -0.15) is 0 Å². The van der Waals surface area contributed by atoms with Crippen LogP contribution < -0.4 is 0 Å². The largest absolute Gasteiger partial charge is 0.365 e.